The Bertz CT molecular complexity index is 923. The Morgan fingerprint density at radius 1 is 0.969 bits per heavy atom. The molecule has 0 heterocycles. The van der Waals surface area contributed by atoms with Gasteiger partial charge in [-0.2, -0.15) is 0 Å². The van der Waals surface area contributed by atoms with Gasteiger partial charge in [-0.15, -0.1) is 0 Å². The topological polar surface area (TPSA) is 134 Å². The third-order valence-electron chi connectivity index (χ3n) is 6.20. The van der Waals surface area contributed by atoms with E-state index < -0.39 is 6.04 Å². The first kappa shape index (κ1) is 23.5. The van der Waals surface area contributed by atoms with Gasteiger partial charge in [0.15, 0.2) is 0 Å². The Morgan fingerprint density at radius 2 is 1.62 bits per heavy atom. The molecule has 1 aliphatic carbocycles. The fourth-order valence-electron chi connectivity index (χ4n) is 4.17. The van der Waals surface area contributed by atoms with Crippen molar-refractivity contribution < 1.29 is 9.59 Å². The van der Waals surface area contributed by atoms with Crippen molar-refractivity contribution in [1.82, 2.24) is 10.6 Å². The molecule has 0 saturated heterocycles. The molecule has 7 nitrogen and oxygen atoms in total. The van der Waals surface area contributed by atoms with Crippen LogP contribution in [0.3, 0.4) is 0 Å². The van der Waals surface area contributed by atoms with Crippen LogP contribution < -0.4 is 22.1 Å². The Balaban J connectivity index is 1.66. The fraction of sp³-hybridized carbons (Fsp3) is 0.400. The monoisotopic (exact) mass is 435 g/mol. The van der Waals surface area contributed by atoms with Crippen molar-refractivity contribution in [2.75, 3.05) is 13.1 Å². The van der Waals surface area contributed by atoms with E-state index in [9.17, 15) is 9.59 Å². The molecule has 1 aliphatic rings. The summed E-state index contributed by atoms with van der Waals surface area (Å²) >= 11 is 0. The van der Waals surface area contributed by atoms with Gasteiger partial charge in [0.1, 0.15) is 11.9 Å². The maximum atomic E-state index is 13.1. The molecule has 0 unspecified atom stereocenters. The van der Waals surface area contributed by atoms with Gasteiger partial charge in [-0.25, -0.2) is 0 Å². The predicted octanol–water partition coefficient (Wildman–Crippen LogP) is 2.19. The Labute approximate surface area is 189 Å². The van der Waals surface area contributed by atoms with E-state index in [2.05, 4.69) is 10.6 Å². The quantitative estimate of drug-likeness (QED) is 0.305. The fourth-order valence-corrected chi connectivity index (χ4v) is 4.17. The van der Waals surface area contributed by atoms with E-state index in [0.717, 1.165) is 37.8 Å². The van der Waals surface area contributed by atoms with Gasteiger partial charge in [-0.1, -0.05) is 42.5 Å². The zero-order chi connectivity index (χ0) is 22.9. The summed E-state index contributed by atoms with van der Waals surface area (Å²) in [6, 6.07) is 15.5. The molecular formula is C25H33N5O2. The average Bonchev–Trinajstić information content (AvgIpc) is 2.83. The molecule has 0 spiro atoms. The van der Waals surface area contributed by atoms with Crippen molar-refractivity contribution >= 4 is 17.6 Å². The number of amides is 2. The number of nitrogens with two attached hydrogens (primary N) is 2. The number of nitrogen functional groups attached to an aromatic ring is 1. The SMILES string of the molecule is N=C(N)c1cccc(C(=O)N[C@@H](Cc2ccccc2)C(=O)NCC2CCC(CN)CC2)c1. The summed E-state index contributed by atoms with van der Waals surface area (Å²) < 4.78 is 0. The number of carbonyl (C=O) groups excluding carboxylic acids is 2. The molecule has 0 bridgehead atoms. The van der Waals surface area contributed by atoms with Crippen LogP contribution in [0.5, 0.6) is 0 Å². The van der Waals surface area contributed by atoms with Crippen LogP contribution in [0.15, 0.2) is 54.6 Å². The molecule has 7 heteroatoms. The average molecular weight is 436 g/mol. The van der Waals surface area contributed by atoms with Gasteiger partial charge in [0.2, 0.25) is 5.91 Å². The molecule has 0 aliphatic heterocycles. The Kier molecular flexibility index (Phi) is 8.39. The van der Waals surface area contributed by atoms with Gasteiger partial charge in [-0.3, -0.25) is 15.0 Å². The molecular weight excluding hydrogens is 402 g/mol. The van der Waals surface area contributed by atoms with Gasteiger partial charge >= 0.3 is 0 Å². The molecule has 7 N–H and O–H groups in total. The third kappa shape index (κ3) is 6.65. The van der Waals surface area contributed by atoms with Crippen LogP contribution >= 0.6 is 0 Å². The van der Waals surface area contributed by atoms with Crippen molar-refractivity contribution in [3.8, 4) is 0 Å². The molecule has 170 valence electrons. The van der Waals surface area contributed by atoms with E-state index in [4.69, 9.17) is 16.9 Å². The van der Waals surface area contributed by atoms with E-state index >= 15 is 0 Å². The molecule has 0 radical (unpaired) electrons. The van der Waals surface area contributed by atoms with Crippen LogP contribution in [0, 0.1) is 17.2 Å². The number of hydrogen-bond donors (Lipinski definition) is 5. The summed E-state index contributed by atoms with van der Waals surface area (Å²) in [6.07, 6.45) is 4.73. The lowest BCUT2D eigenvalue weighted by Crippen LogP contribution is -2.49. The second-order valence-electron chi connectivity index (χ2n) is 8.58. The van der Waals surface area contributed by atoms with Gasteiger partial charge in [0, 0.05) is 24.1 Å². The lowest BCUT2D eigenvalue weighted by Gasteiger charge is -2.28. The largest absolute Gasteiger partial charge is 0.384 e. The lowest BCUT2D eigenvalue weighted by atomic mass is 9.82. The first-order valence-corrected chi connectivity index (χ1v) is 11.2. The standard InChI is InChI=1S/C25H33N5O2/c26-15-18-9-11-19(12-10-18)16-29-25(32)22(13-17-5-2-1-3-6-17)30-24(31)21-8-4-7-20(14-21)23(27)28/h1-8,14,18-19,22H,9-13,15-16,26H2,(H3,27,28)(H,29,32)(H,30,31)/t18?,19?,22-/m0/s1. The maximum Gasteiger partial charge on any atom is 0.251 e. The second kappa shape index (κ2) is 11.4. The summed E-state index contributed by atoms with van der Waals surface area (Å²) in [4.78, 5) is 25.9. The van der Waals surface area contributed by atoms with Crippen molar-refractivity contribution in [3.05, 3.63) is 71.3 Å². The molecule has 1 atom stereocenters. The highest BCUT2D eigenvalue weighted by atomic mass is 16.2. The molecule has 3 rings (SSSR count). The summed E-state index contributed by atoms with van der Waals surface area (Å²) in [5, 5.41) is 13.5. The van der Waals surface area contributed by atoms with Crippen LogP contribution in [0.1, 0.15) is 47.2 Å². The van der Waals surface area contributed by atoms with Gasteiger partial charge < -0.3 is 22.1 Å². The number of benzene rings is 2. The number of nitrogens with one attached hydrogen (secondary N) is 3. The van der Waals surface area contributed by atoms with Gasteiger partial charge in [0.05, 0.1) is 0 Å². The zero-order valence-electron chi connectivity index (χ0n) is 18.3. The van der Waals surface area contributed by atoms with E-state index in [1.165, 1.54) is 0 Å². The highest BCUT2D eigenvalue weighted by Crippen LogP contribution is 2.27. The summed E-state index contributed by atoms with van der Waals surface area (Å²) in [6.45, 7) is 1.34. The summed E-state index contributed by atoms with van der Waals surface area (Å²) in [5.74, 6) is 0.376. The van der Waals surface area contributed by atoms with Gasteiger partial charge in [0.25, 0.3) is 5.91 Å². The Hall–Kier alpha value is -3.19. The van der Waals surface area contributed by atoms with Crippen molar-refractivity contribution in [2.45, 2.75) is 38.1 Å². The Morgan fingerprint density at radius 3 is 2.28 bits per heavy atom. The summed E-state index contributed by atoms with van der Waals surface area (Å²) in [7, 11) is 0. The van der Waals surface area contributed by atoms with E-state index in [1.807, 2.05) is 30.3 Å². The van der Waals surface area contributed by atoms with Crippen LogP contribution in [0.2, 0.25) is 0 Å². The van der Waals surface area contributed by atoms with E-state index in [1.54, 1.807) is 24.3 Å². The molecule has 2 aromatic rings. The number of carbonyl (C=O) groups is 2. The smallest absolute Gasteiger partial charge is 0.251 e. The van der Waals surface area contributed by atoms with Crippen LogP contribution in [0.25, 0.3) is 0 Å². The van der Waals surface area contributed by atoms with E-state index in [0.29, 0.717) is 35.9 Å². The molecule has 1 fully saturated rings. The first-order valence-electron chi connectivity index (χ1n) is 11.2. The number of hydrogen-bond acceptors (Lipinski definition) is 4. The predicted molar refractivity (Wildman–Crippen MR) is 126 cm³/mol. The molecule has 0 aromatic heterocycles. The van der Waals surface area contributed by atoms with Crippen LogP contribution in [0.4, 0.5) is 0 Å². The number of rotatable bonds is 9. The maximum absolute atomic E-state index is 13.1. The highest BCUT2D eigenvalue weighted by Gasteiger charge is 2.25. The minimum absolute atomic E-state index is 0.109. The second-order valence-corrected chi connectivity index (χ2v) is 8.58. The minimum Gasteiger partial charge on any atom is -0.384 e. The molecule has 2 aromatic carbocycles. The van der Waals surface area contributed by atoms with Crippen LogP contribution in [-0.4, -0.2) is 36.8 Å². The third-order valence-corrected chi connectivity index (χ3v) is 6.20. The molecule has 2 amide bonds. The first-order chi connectivity index (χ1) is 15.5. The van der Waals surface area contributed by atoms with Crippen molar-refractivity contribution in [2.24, 2.45) is 23.3 Å². The number of amidine groups is 1. The highest BCUT2D eigenvalue weighted by molar-refractivity contribution is 6.01. The molecule has 32 heavy (non-hydrogen) atoms. The normalized spacial score (nSPS) is 19.0. The summed E-state index contributed by atoms with van der Waals surface area (Å²) in [5.41, 5.74) is 13.1. The van der Waals surface area contributed by atoms with Crippen molar-refractivity contribution in [1.29, 1.82) is 5.41 Å². The zero-order valence-corrected chi connectivity index (χ0v) is 18.3. The lowest BCUT2D eigenvalue weighted by molar-refractivity contribution is -0.123. The molecule has 1 saturated carbocycles. The van der Waals surface area contributed by atoms with Crippen molar-refractivity contribution in [3.63, 3.8) is 0 Å². The van der Waals surface area contributed by atoms with Crippen LogP contribution in [-0.2, 0) is 11.2 Å². The van der Waals surface area contributed by atoms with E-state index in [-0.39, 0.29) is 17.6 Å². The van der Waals surface area contributed by atoms with Gasteiger partial charge in [-0.05, 0) is 61.8 Å². The minimum atomic E-state index is -0.703.